The zero-order chi connectivity index (χ0) is 13.0. The Kier molecular flexibility index (Phi) is 5.02. The van der Waals surface area contributed by atoms with Gasteiger partial charge in [0.2, 0.25) is 0 Å². The Morgan fingerprint density at radius 2 is 2.12 bits per heavy atom. The molecule has 92 valence electrons. The van der Waals surface area contributed by atoms with E-state index in [4.69, 9.17) is 16.3 Å². The van der Waals surface area contributed by atoms with Crippen molar-refractivity contribution >= 4 is 36.0 Å². The molecule has 17 heavy (non-hydrogen) atoms. The zero-order valence-corrected chi connectivity index (χ0v) is 11.2. The molecule has 0 saturated carbocycles. The summed E-state index contributed by atoms with van der Waals surface area (Å²) in [6, 6.07) is 4.59. The van der Waals surface area contributed by atoms with Crippen LogP contribution in [0.25, 0.3) is 0 Å². The predicted molar refractivity (Wildman–Crippen MR) is 69.3 cm³/mol. The van der Waals surface area contributed by atoms with E-state index in [1.807, 2.05) is 0 Å². The van der Waals surface area contributed by atoms with Crippen molar-refractivity contribution in [2.24, 2.45) is 0 Å². The van der Waals surface area contributed by atoms with Crippen LogP contribution in [-0.4, -0.2) is 23.7 Å². The van der Waals surface area contributed by atoms with Gasteiger partial charge in [-0.15, -0.1) is 24.2 Å². The van der Waals surface area contributed by atoms with Gasteiger partial charge in [-0.2, -0.15) is 0 Å². The highest BCUT2D eigenvalue weighted by atomic mass is 35.5. The molecule has 0 bridgehead atoms. The second kappa shape index (κ2) is 6.07. The molecule has 0 aromatic heterocycles. The highest BCUT2D eigenvalue weighted by molar-refractivity contribution is 7.80. The van der Waals surface area contributed by atoms with Crippen LogP contribution in [0.2, 0.25) is 0 Å². The number of ether oxygens (including phenoxy) is 1. The summed E-state index contributed by atoms with van der Waals surface area (Å²) in [5.41, 5.74) is 0.777. The molecule has 1 atom stereocenters. The molecular weight excluding hydrogens is 260 g/mol. The lowest BCUT2D eigenvalue weighted by Gasteiger charge is -2.07. The van der Waals surface area contributed by atoms with Gasteiger partial charge in [0.1, 0.15) is 0 Å². The van der Waals surface area contributed by atoms with Crippen LogP contribution in [0, 0.1) is 0 Å². The molecule has 0 aliphatic carbocycles. The van der Waals surface area contributed by atoms with Gasteiger partial charge < -0.3 is 4.74 Å². The van der Waals surface area contributed by atoms with Gasteiger partial charge in [0, 0.05) is 10.5 Å². The minimum absolute atomic E-state index is 0.197. The Morgan fingerprint density at radius 1 is 1.47 bits per heavy atom. The molecule has 0 heterocycles. The molecule has 5 heteroatoms. The molecule has 0 spiro atoms. The zero-order valence-electron chi connectivity index (χ0n) is 9.57. The Labute approximate surface area is 111 Å². The van der Waals surface area contributed by atoms with Crippen LogP contribution in [0.1, 0.15) is 34.6 Å². The summed E-state index contributed by atoms with van der Waals surface area (Å²) in [5, 5.41) is -0.601. The first-order chi connectivity index (χ1) is 7.97. The predicted octanol–water partition coefficient (Wildman–Crippen LogP) is 2.96. The Balaban J connectivity index is 3.02. The molecule has 1 rings (SSSR count). The lowest BCUT2D eigenvalue weighted by atomic mass is 10.1. The number of esters is 1. The summed E-state index contributed by atoms with van der Waals surface area (Å²) in [7, 11) is 0. The van der Waals surface area contributed by atoms with Crippen LogP contribution in [0.15, 0.2) is 23.1 Å². The lowest BCUT2D eigenvalue weighted by molar-refractivity contribution is 0.0522. The van der Waals surface area contributed by atoms with E-state index in [1.54, 1.807) is 19.9 Å². The molecule has 1 aromatic rings. The van der Waals surface area contributed by atoms with E-state index in [0.29, 0.717) is 22.6 Å². The number of ketones is 1. The fourth-order valence-corrected chi connectivity index (χ4v) is 1.73. The van der Waals surface area contributed by atoms with E-state index in [0.717, 1.165) is 0 Å². The summed E-state index contributed by atoms with van der Waals surface area (Å²) >= 11 is 9.87. The smallest absolute Gasteiger partial charge is 0.339 e. The van der Waals surface area contributed by atoms with Crippen LogP contribution in [0.3, 0.4) is 0 Å². The molecule has 0 aliphatic heterocycles. The summed E-state index contributed by atoms with van der Waals surface area (Å²) in [4.78, 5) is 23.5. The van der Waals surface area contributed by atoms with Crippen molar-refractivity contribution in [2.75, 3.05) is 6.61 Å². The summed E-state index contributed by atoms with van der Waals surface area (Å²) in [5.74, 6) is -0.646. The van der Waals surface area contributed by atoms with Crippen LogP contribution in [-0.2, 0) is 4.74 Å². The number of benzene rings is 1. The van der Waals surface area contributed by atoms with E-state index in [9.17, 15) is 9.59 Å². The summed E-state index contributed by atoms with van der Waals surface area (Å²) in [6.45, 7) is 3.62. The quantitative estimate of drug-likeness (QED) is 0.397. The Morgan fingerprint density at radius 3 is 2.59 bits per heavy atom. The maximum atomic E-state index is 11.6. The van der Waals surface area contributed by atoms with Crippen molar-refractivity contribution in [1.29, 1.82) is 0 Å². The second-order valence-corrected chi connectivity index (χ2v) is 4.57. The average molecular weight is 273 g/mol. The van der Waals surface area contributed by atoms with Crippen molar-refractivity contribution in [1.82, 2.24) is 0 Å². The Hall–Kier alpha value is -1.00. The third-order valence-corrected chi connectivity index (χ3v) is 2.71. The maximum Gasteiger partial charge on any atom is 0.339 e. The number of Topliss-reactive ketones (excluding diaryl/α,β-unsaturated/α-hetero) is 1. The minimum atomic E-state index is -0.601. The van der Waals surface area contributed by atoms with Crippen molar-refractivity contribution in [3.63, 3.8) is 0 Å². The third-order valence-electron chi connectivity index (χ3n) is 2.14. The molecular formula is C12H13ClO3S. The van der Waals surface area contributed by atoms with Crippen LogP contribution < -0.4 is 0 Å². The van der Waals surface area contributed by atoms with E-state index in [1.165, 1.54) is 12.1 Å². The first-order valence-electron chi connectivity index (χ1n) is 5.15. The first kappa shape index (κ1) is 14.1. The maximum absolute atomic E-state index is 11.6. The number of thiol groups is 1. The highest BCUT2D eigenvalue weighted by Gasteiger charge is 2.16. The standard InChI is InChI=1S/C12H13ClO3S/c1-3-16-12(15)9-5-4-8(6-10(9)17)11(14)7(2)13/h4-7,17H,3H2,1-2H3. The fourth-order valence-electron chi connectivity index (χ4n) is 1.30. The van der Waals surface area contributed by atoms with Crippen molar-refractivity contribution in [2.45, 2.75) is 24.1 Å². The Bertz CT molecular complexity index is 443. The van der Waals surface area contributed by atoms with Gasteiger partial charge in [-0.3, -0.25) is 4.79 Å². The number of rotatable bonds is 4. The van der Waals surface area contributed by atoms with Gasteiger partial charge in [0.05, 0.1) is 17.5 Å². The molecule has 0 radical (unpaired) electrons. The third kappa shape index (κ3) is 3.48. The van der Waals surface area contributed by atoms with Crippen molar-refractivity contribution < 1.29 is 14.3 Å². The number of alkyl halides is 1. The molecule has 0 N–H and O–H groups in total. The van der Waals surface area contributed by atoms with E-state index in [2.05, 4.69) is 12.6 Å². The average Bonchev–Trinajstić information content (AvgIpc) is 2.27. The molecule has 3 nitrogen and oxygen atoms in total. The van der Waals surface area contributed by atoms with Gasteiger partial charge in [-0.25, -0.2) is 4.79 Å². The van der Waals surface area contributed by atoms with Crippen LogP contribution in [0.5, 0.6) is 0 Å². The SMILES string of the molecule is CCOC(=O)c1ccc(C(=O)C(C)Cl)cc1S. The summed E-state index contributed by atoms with van der Waals surface area (Å²) < 4.78 is 4.86. The molecule has 1 unspecified atom stereocenters. The number of hydrogen-bond donors (Lipinski definition) is 1. The monoisotopic (exact) mass is 272 g/mol. The fraction of sp³-hybridized carbons (Fsp3) is 0.333. The normalized spacial score (nSPS) is 12.0. The van der Waals surface area contributed by atoms with E-state index >= 15 is 0 Å². The summed E-state index contributed by atoms with van der Waals surface area (Å²) in [6.07, 6.45) is 0. The highest BCUT2D eigenvalue weighted by Crippen LogP contribution is 2.19. The van der Waals surface area contributed by atoms with Gasteiger partial charge in [0.15, 0.2) is 5.78 Å². The largest absolute Gasteiger partial charge is 0.462 e. The lowest BCUT2D eigenvalue weighted by Crippen LogP contribution is -2.12. The first-order valence-corrected chi connectivity index (χ1v) is 6.04. The van der Waals surface area contributed by atoms with Crippen LogP contribution in [0.4, 0.5) is 0 Å². The molecule has 0 aliphatic rings. The van der Waals surface area contributed by atoms with Crippen molar-refractivity contribution in [3.05, 3.63) is 29.3 Å². The van der Waals surface area contributed by atoms with E-state index < -0.39 is 11.3 Å². The minimum Gasteiger partial charge on any atom is -0.462 e. The topological polar surface area (TPSA) is 43.4 Å². The van der Waals surface area contributed by atoms with Crippen molar-refractivity contribution in [3.8, 4) is 0 Å². The van der Waals surface area contributed by atoms with E-state index in [-0.39, 0.29) is 5.78 Å². The number of carbonyl (C=O) groups excluding carboxylic acids is 2. The van der Waals surface area contributed by atoms with Gasteiger partial charge in [0.25, 0.3) is 0 Å². The van der Waals surface area contributed by atoms with Gasteiger partial charge in [-0.05, 0) is 26.0 Å². The molecule has 1 aromatic carbocycles. The number of halogens is 1. The number of hydrogen-bond acceptors (Lipinski definition) is 4. The van der Waals surface area contributed by atoms with Gasteiger partial charge in [-0.1, -0.05) is 6.07 Å². The second-order valence-electron chi connectivity index (χ2n) is 3.43. The molecule has 0 fully saturated rings. The molecule has 0 saturated heterocycles. The van der Waals surface area contributed by atoms with Crippen LogP contribution >= 0.6 is 24.2 Å². The van der Waals surface area contributed by atoms with Gasteiger partial charge >= 0.3 is 5.97 Å². The number of carbonyl (C=O) groups is 2. The molecule has 0 amide bonds.